The van der Waals surface area contributed by atoms with Gasteiger partial charge in [0.25, 0.3) is 0 Å². The molecule has 1 N–H and O–H groups in total. The van der Waals surface area contributed by atoms with Gasteiger partial charge in [-0.1, -0.05) is 18.7 Å². The molecule has 88 valence electrons. The molecule has 0 bridgehead atoms. The van der Waals surface area contributed by atoms with Gasteiger partial charge < -0.3 is 10.1 Å². The summed E-state index contributed by atoms with van der Waals surface area (Å²) in [6.45, 7) is 7.30. The number of nitrogens with zero attached hydrogens (tertiary/aromatic N) is 1. The average Bonchev–Trinajstić information content (AvgIpc) is 2.15. The molecule has 0 saturated carbocycles. The van der Waals surface area contributed by atoms with Crippen LogP contribution in [-0.4, -0.2) is 36.2 Å². The van der Waals surface area contributed by atoms with E-state index in [4.69, 9.17) is 4.74 Å². The third kappa shape index (κ3) is 4.43. The highest BCUT2D eigenvalue weighted by atomic mass is 32.2. The molecule has 3 nitrogen and oxygen atoms in total. The molecule has 0 aromatic carbocycles. The Hall–Kier alpha value is -0.220. The first-order valence-electron chi connectivity index (χ1n) is 5.55. The summed E-state index contributed by atoms with van der Waals surface area (Å²) in [4.78, 5) is 4.68. The van der Waals surface area contributed by atoms with Crippen LogP contribution in [0.3, 0.4) is 0 Å². The Labute approximate surface area is 97.1 Å². The van der Waals surface area contributed by atoms with E-state index in [1.807, 2.05) is 11.8 Å². The van der Waals surface area contributed by atoms with E-state index in [2.05, 4.69) is 31.1 Å². The van der Waals surface area contributed by atoms with Crippen LogP contribution < -0.4 is 5.32 Å². The van der Waals surface area contributed by atoms with Crippen molar-refractivity contribution in [1.29, 1.82) is 0 Å². The SMILES string of the molecule is CCC(COC)N=C1NC(C)(C)CCS1. The van der Waals surface area contributed by atoms with E-state index in [0.717, 1.165) is 17.3 Å². The average molecular weight is 230 g/mol. The van der Waals surface area contributed by atoms with Crippen LogP contribution in [-0.2, 0) is 4.74 Å². The van der Waals surface area contributed by atoms with Gasteiger partial charge in [0.15, 0.2) is 5.17 Å². The molecule has 1 rings (SSSR count). The molecule has 1 heterocycles. The first kappa shape index (κ1) is 12.8. The Bertz CT molecular complexity index is 229. The number of hydrogen-bond donors (Lipinski definition) is 1. The molecular weight excluding hydrogens is 208 g/mol. The van der Waals surface area contributed by atoms with Crippen LogP contribution in [0.2, 0.25) is 0 Å². The molecular formula is C11H22N2OS. The van der Waals surface area contributed by atoms with Crippen molar-refractivity contribution >= 4 is 16.9 Å². The molecule has 15 heavy (non-hydrogen) atoms. The molecule has 1 aliphatic heterocycles. The van der Waals surface area contributed by atoms with Gasteiger partial charge in [-0.05, 0) is 26.7 Å². The van der Waals surface area contributed by atoms with Crippen molar-refractivity contribution in [2.45, 2.75) is 45.2 Å². The summed E-state index contributed by atoms with van der Waals surface area (Å²) < 4.78 is 5.14. The molecule has 1 unspecified atom stereocenters. The summed E-state index contributed by atoms with van der Waals surface area (Å²) in [5.41, 5.74) is 0.190. The highest BCUT2D eigenvalue weighted by Gasteiger charge is 2.24. The second-order valence-electron chi connectivity index (χ2n) is 4.56. The maximum atomic E-state index is 5.14. The maximum Gasteiger partial charge on any atom is 0.157 e. The molecule has 4 heteroatoms. The highest BCUT2D eigenvalue weighted by molar-refractivity contribution is 8.13. The molecule has 0 aromatic heterocycles. The number of amidine groups is 1. The number of rotatable bonds is 4. The quantitative estimate of drug-likeness (QED) is 0.804. The summed E-state index contributed by atoms with van der Waals surface area (Å²) in [5.74, 6) is 1.16. The summed E-state index contributed by atoms with van der Waals surface area (Å²) in [5, 5.41) is 4.55. The Kier molecular flexibility index (Phi) is 4.93. The van der Waals surface area contributed by atoms with Crippen molar-refractivity contribution in [3.05, 3.63) is 0 Å². The summed E-state index contributed by atoms with van der Waals surface area (Å²) in [6.07, 6.45) is 2.22. The molecule has 1 saturated heterocycles. The molecule has 0 aromatic rings. The summed E-state index contributed by atoms with van der Waals surface area (Å²) in [7, 11) is 1.73. The number of thioether (sulfide) groups is 1. The summed E-state index contributed by atoms with van der Waals surface area (Å²) in [6, 6.07) is 0.291. The third-order valence-electron chi connectivity index (χ3n) is 2.54. The zero-order valence-corrected chi connectivity index (χ0v) is 11.0. The fourth-order valence-corrected chi connectivity index (χ4v) is 2.84. The van der Waals surface area contributed by atoms with Crippen LogP contribution in [0.1, 0.15) is 33.6 Å². The molecule has 0 amide bonds. The lowest BCUT2D eigenvalue weighted by molar-refractivity contribution is 0.179. The predicted octanol–water partition coefficient (Wildman–Crippen LogP) is 2.27. The van der Waals surface area contributed by atoms with E-state index in [-0.39, 0.29) is 5.54 Å². The van der Waals surface area contributed by atoms with Gasteiger partial charge in [-0.2, -0.15) is 0 Å². The Morgan fingerprint density at radius 1 is 1.60 bits per heavy atom. The van der Waals surface area contributed by atoms with Gasteiger partial charge in [-0.3, -0.25) is 4.99 Å². The minimum atomic E-state index is 0.190. The Morgan fingerprint density at radius 3 is 2.87 bits per heavy atom. The predicted molar refractivity (Wildman–Crippen MR) is 67.7 cm³/mol. The fourth-order valence-electron chi connectivity index (χ4n) is 1.47. The van der Waals surface area contributed by atoms with Crippen LogP contribution in [0.5, 0.6) is 0 Å². The largest absolute Gasteiger partial charge is 0.382 e. The first-order chi connectivity index (χ1) is 7.07. The molecule has 1 fully saturated rings. The Balaban J connectivity index is 2.56. The van der Waals surface area contributed by atoms with E-state index < -0.39 is 0 Å². The van der Waals surface area contributed by atoms with Crippen molar-refractivity contribution in [1.82, 2.24) is 5.32 Å². The van der Waals surface area contributed by atoms with Crippen molar-refractivity contribution in [3.63, 3.8) is 0 Å². The van der Waals surface area contributed by atoms with Crippen molar-refractivity contribution in [2.75, 3.05) is 19.5 Å². The second-order valence-corrected chi connectivity index (χ2v) is 5.64. The molecule has 0 radical (unpaired) electrons. The minimum Gasteiger partial charge on any atom is -0.382 e. The molecule has 1 atom stereocenters. The number of hydrogen-bond acceptors (Lipinski definition) is 3. The van der Waals surface area contributed by atoms with Crippen LogP contribution in [0, 0.1) is 0 Å². The van der Waals surface area contributed by atoms with Gasteiger partial charge in [0.2, 0.25) is 0 Å². The smallest absolute Gasteiger partial charge is 0.157 e. The normalized spacial score (nSPS) is 24.9. The van der Waals surface area contributed by atoms with Crippen LogP contribution in [0.4, 0.5) is 0 Å². The monoisotopic (exact) mass is 230 g/mol. The zero-order chi connectivity index (χ0) is 11.3. The van der Waals surface area contributed by atoms with E-state index in [1.165, 1.54) is 6.42 Å². The molecule has 1 aliphatic rings. The van der Waals surface area contributed by atoms with Gasteiger partial charge in [0.1, 0.15) is 0 Å². The van der Waals surface area contributed by atoms with E-state index in [1.54, 1.807) is 7.11 Å². The number of ether oxygens (including phenoxy) is 1. The highest BCUT2D eigenvalue weighted by Crippen LogP contribution is 2.22. The number of methoxy groups -OCH3 is 1. The van der Waals surface area contributed by atoms with Gasteiger partial charge in [-0.15, -0.1) is 0 Å². The van der Waals surface area contributed by atoms with Crippen LogP contribution in [0.25, 0.3) is 0 Å². The third-order valence-corrected chi connectivity index (χ3v) is 3.43. The summed E-state index contributed by atoms with van der Waals surface area (Å²) >= 11 is 1.82. The van der Waals surface area contributed by atoms with E-state index in [9.17, 15) is 0 Å². The van der Waals surface area contributed by atoms with Gasteiger partial charge in [0.05, 0.1) is 12.6 Å². The minimum absolute atomic E-state index is 0.190. The standard InChI is InChI=1S/C11H22N2OS/c1-5-9(8-14-4)12-10-13-11(2,3)6-7-15-10/h9H,5-8H2,1-4H3,(H,12,13). The molecule has 0 spiro atoms. The lowest BCUT2D eigenvalue weighted by Crippen LogP contribution is -2.46. The van der Waals surface area contributed by atoms with Crippen molar-refractivity contribution in [2.24, 2.45) is 4.99 Å². The van der Waals surface area contributed by atoms with Gasteiger partial charge in [-0.25, -0.2) is 0 Å². The van der Waals surface area contributed by atoms with Crippen LogP contribution in [0.15, 0.2) is 4.99 Å². The molecule has 0 aliphatic carbocycles. The number of nitrogens with one attached hydrogen (secondary N) is 1. The van der Waals surface area contributed by atoms with E-state index in [0.29, 0.717) is 12.6 Å². The van der Waals surface area contributed by atoms with Gasteiger partial charge >= 0.3 is 0 Å². The fraction of sp³-hybridized carbons (Fsp3) is 0.909. The van der Waals surface area contributed by atoms with Crippen LogP contribution >= 0.6 is 11.8 Å². The maximum absolute atomic E-state index is 5.14. The second kappa shape index (κ2) is 5.75. The first-order valence-corrected chi connectivity index (χ1v) is 6.53. The number of aliphatic imine (C=N–C) groups is 1. The lowest BCUT2D eigenvalue weighted by atomic mass is 10.0. The zero-order valence-electron chi connectivity index (χ0n) is 10.2. The van der Waals surface area contributed by atoms with Crippen molar-refractivity contribution < 1.29 is 4.74 Å². The topological polar surface area (TPSA) is 33.6 Å². The van der Waals surface area contributed by atoms with Gasteiger partial charge in [0, 0.05) is 18.4 Å². The lowest BCUT2D eigenvalue weighted by Gasteiger charge is -2.32. The van der Waals surface area contributed by atoms with E-state index >= 15 is 0 Å². The van der Waals surface area contributed by atoms with Crippen molar-refractivity contribution in [3.8, 4) is 0 Å². The Morgan fingerprint density at radius 2 is 2.33 bits per heavy atom.